The maximum Gasteiger partial charge on any atom is 0.340 e. The quantitative estimate of drug-likeness (QED) is 0.642. The lowest BCUT2D eigenvalue weighted by molar-refractivity contribution is 0.0602. The number of hydrogen-bond acceptors (Lipinski definition) is 3. The summed E-state index contributed by atoms with van der Waals surface area (Å²) in [5, 5.41) is 3.73. The van der Waals surface area contributed by atoms with Crippen LogP contribution in [0.3, 0.4) is 0 Å². The van der Waals surface area contributed by atoms with E-state index in [4.69, 9.17) is 0 Å². The van der Waals surface area contributed by atoms with Gasteiger partial charge >= 0.3 is 5.97 Å². The molecule has 2 rings (SSSR count). The van der Waals surface area contributed by atoms with E-state index in [-0.39, 0.29) is 11.1 Å². The molecule has 5 heteroatoms. The number of aromatic nitrogens is 2. The zero-order chi connectivity index (χ0) is 10.1. The minimum Gasteiger partial charge on any atom is -0.465 e. The number of pyridine rings is 1. The molecular formula is C9H7FN2O2. The molecule has 2 aromatic rings. The van der Waals surface area contributed by atoms with Gasteiger partial charge in [-0.15, -0.1) is 0 Å². The van der Waals surface area contributed by atoms with E-state index in [2.05, 4.69) is 9.84 Å². The number of fused-ring (bicyclic) bond motifs is 1. The van der Waals surface area contributed by atoms with Crippen molar-refractivity contribution in [2.75, 3.05) is 7.11 Å². The topological polar surface area (TPSA) is 43.6 Å². The van der Waals surface area contributed by atoms with Crippen LogP contribution in [0.2, 0.25) is 0 Å². The number of hydrogen-bond donors (Lipinski definition) is 0. The lowest BCUT2D eigenvalue weighted by Crippen LogP contribution is -2.04. The van der Waals surface area contributed by atoms with Gasteiger partial charge in [0.1, 0.15) is 5.52 Å². The van der Waals surface area contributed by atoms with Crippen LogP contribution in [-0.2, 0) is 4.74 Å². The summed E-state index contributed by atoms with van der Waals surface area (Å²) in [6, 6.07) is 3.09. The van der Waals surface area contributed by atoms with Gasteiger partial charge in [0, 0.05) is 6.20 Å². The van der Waals surface area contributed by atoms with E-state index in [9.17, 15) is 9.18 Å². The van der Waals surface area contributed by atoms with Crippen molar-refractivity contribution in [2.24, 2.45) is 0 Å². The normalized spacial score (nSPS) is 10.4. The van der Waals surface area contributed by atoms with Gasteiger partial charge in [0.2, 0.25) is 0 Å². The molecule has 0 saturated heterocycles. The summed E-state index contributed by atoms with van der Waals surface area (Å²) >= 11 is 0. The number of methoxy groups -OCH3 is 1. The molecule has 0 amide bonds. The number of esters is 1. The van der Waals surface area contributed by atoms with Crippen LogP contribution in [0.25, 0.3) is 5.52 Å². The molecule has 2 aromatic heterocycles. The van der Waals surface area contributed by atoms with E-state index < -0.39 is 11.8 Å². The Morgan fingerprint density at radius 2 is 2.43 bits per heavy atom. The van der Waals surface area contributed by atoms with Gasteiger partial charge in [-0.2, -0.15) is 5.10 Å². The van der Waals surface area contributed by atoms with E-state index in [1.54, 1.807) is 12.3 Å². The van der Waals surface area contributed by atoms with Gasteiger partial charge in [0.05, 0.1) is 18.9 Å². The van der Waals surface area contributed by atoms with Gasteiger partial charge < -0.3 is 4.74 Å². The third kappa shape index (κ3) is 1.14. The van der Waals surface area contributed by atoms with Crippen molar-refractivity contribution >= 4 is 11.5 Å². The summed E-state index contributed by atoms with van der Waals surface area (Å²) in [5.74, 6) is -1.11. The van der Waals surface area contributed by atoms with Gasteiger partial charge in [-0.3, -0.25) is 0 Å². The highest BCUT2D eigenvalue weighted by Gasteiger charge is 2.14. The van der Waals surface area contributed by atoms with Crippen LogP contribution in [0.1, 0.15) is 10.4 Å². The Bertz CT molecular complexity index is 493. The molecule has 0 fully saturated rings. The average Bonchev–Trinajstić information content (AvgIpc) is 2.59. The van der Waals surface area contributed by atoms with Crippen LogP contribution in [0.15, 0.2) is 24.5 Å². The van der Waals surface area contributed by atoms with Crippen LogP contribution < -0.4 is 0 Å². The SMILES string of the molecule is COC(=O)c1cccn2ncc(F)c12. The fraction of sp³-hybridized carbons (Fsp3) is 0.111. The van der Waals surface area contributed by atoms with Crippen LogP contribution in [0.5, 0.6) is 0 Å². The summed E-state index contributed by atoms with van der Waals surface area (Å²) in [7, 11) is 1.25. The molecule has 0 aliphatic rings. The zero-order valence-electron chi connectivity index (χ0n) is 7.40. The van der Waals surface area contributed by atoms with Crippen molar-refractivity contribution in [3.8, 4) is 0 Å². The van der Waals surface area contributed by atoms with Gasteiger partial charge in [0.15, 0.2) is 5.82 Å². The molecule has 14 heavy (non-hydrogen) atoms. The molecular weight excluding hydrogens is 187 g/mol. The molecule has 72 valence electrons. The van der Waals surface area contributed by atoms with Gasteiger partial charge in [-0.25, -0.2) is 13.7 Å². The number of carbonyl (C=O) groups is 1. The van der Waals surface area contributed by atoms with Crippen LogP contribution in [-0.4, -0.2) is 22.7 Å². The Kier molecular flexibility index (Phi) is 1.92. The fourth-order valence-electron chi connectivity index (χ4n) is 1.28. The number of rotatable bonds is 1. The van der Waals surface area contributed by atoms with Crippen molar-refractivity contribution in [2.45, 2.75) is 0 Å². The molecule has 0 aliphatic carbocycles. The average molecular weight is 194 g/mol. The third-order valence-corrected chi connectivity index (χ3v) is 1.90. The van der Waals surface area contributed by atoms with E-state index >= 15 is 0 Å². The van der Waals surface area contributed by atoms with E-state index in [0.29, 0.717) is 0 Å². The third-order valence-electron chi connectivity index (χ3n) is 1.90. The molecule has 0 aromatic carbocycles. The predicted octanol–water partition coefficient (Wildman–Crippen LogP) is 1.26. The smallest absolute Gasteiger partial charge is 0.340 e. The van der Waals surface area contributed by atoms with Crippen molar-refractivity contribution in [1.29, 1.82) is 0 Å². The molecule has 4 nitrogen and oxygen atoms in total. The van der Waals surface area contributed by atoms with Gasteiger partial charge in [-0.1, -0.05) is 0 Å². The second-order valence-electron chi connectivity index (χ2n) is 2.70. The summed E-state index contributed by atoms with van der Waals surface area (Å²) < 4.78 is 19.0. The first kappa shape index (κ1) is 8.68. The predicted molar refractivity (Wildman–Crippen MR) is 46.5 cm³/mol. The van der Waals surface area contributed by atoms with Crippen molar-refractivity contribution in [3.05, 3.63) is 35.9 Å². The molecule has 0 saturated carbocycles. The Morgan fingerprint density at radius 1 is 1.64 bits per heavy atom. The Morgan fingerprint density at radius 3 is 3.14 bits per heavy atom. The Balaban J connectivity index is 2.75. The molecule has 0 spiro atoms. The maximum absolute atomic E-state index is 13.2. The maximum atomic E-state index is 13.2. The molecule has 2 heterocycles. The lowest BCUT2D eigenvalue weighted by Gasteiger charge is -2.00. The van der Waals surface area contributed by atoms with E-state index in [1.807, 2.05) is 0 Å². The van der Waals surface area contributed by atoms with Gasteiger partial charge in [0.25, 0.3) is 0 Å². The molecule has 0 unspecified atom stereocenters. The van der Waals surface area contributed by atoms with Crippen LogP contribution in [0, 0.1) is 5.82 Å². The molecule has 0 radical (unpaired) electrons. The van der Waals surface area contributed by atoms with E-state index in [1.165, 1.54) is 17.7 Å². The molecule has 0 aliphatic heterocycles. The highest BCUT2D eigenvalue weighted by Crippen LogP contribution is 2.14. The Labute approximate surface area is 78.9 Å². The minimum absolute atomic E-state index is 0.138. The highest BCUT2D eigenvalue weighted by atomic mass is 19.1. The summed E-state index contributed by atoms with van der Waals surface area (Å²) in [6.07, 6.45) is 2.62. The number of nitrogens with zero attached hydrogens (tertiary/aromatic N) is 2. The second-order valence-corrected chi connectivity index (χ2v) is 2.70. The van der Waals surface area contributed by atoms with Gasteiger partial charge in [-0.05, 0) is 12.1 Å². The van der Waals surface area contributed by atoms with Crippen LogP contribution >= 0.6 is 0 Å². The van der Waals surface area contributed by atoms with E-state index in [0.717, 1.165) is 6.20 Å². The number of halogens is 1. The number of carbonyl (C=O) groups excluding carboxylic acids is 1. The second kappa shape index (κ2) is 3.10. The zero-order valence-corrected chi connectivity index (χ0v) is 7.40. The first-order chi connectivity index (χ1) is 6.74. The largest absolute Gasteiger partial charge is 0.465 e. The summed E-state index contributed by atoms with van der Waals surface area (Å²) in [4.78, 5) is 11.2. The first-order valence-corrected chi connectivity index (χ1v) is 3.94. The summed E-state index contributed by atoms with van der Waals surface area (Å²) in [6.45, 7) is 0. The summed E-state index contributed by atoms with van der Waals surface area (Å²) in [5.41, 5.74) is 0.310. The molecule has 0 bridgehead atoms. The Hall–Kier alpha value is -1.91. The monoisotopic (exact) mass is 194 g/mol. The first-order valence-electron chi connectivity index (χ1n) is 3.94. The molecule has 0 atom stereocenters. The van der Waals surface area contributed by atoms with Crippen molar-refractivity contribution in [1.82, 2.24) is 9.61 Å². The minimum atomic E-state index is -0.574. The standard InChI is InChI=1S/C9H7FN2O2/c1-14-9(13)6-3-2-4-12-8(6)7(10)5-11-12/h2-5H,1H3. The van der Waals surface area contributed by atoms with Crippen molar-refractivity contribution in [3.63, 3.8) is 0 Å². The van der Waals surface area contributed by atoms with Crippen LogP contribution in [0.4, 0.5) is 4.39 Å². The fourth-order valence-corrected chi connectivity index (χ4v) is 1.28. The molecule has 0 N–H and O–H groups in total. The van der Waals surface area contributed by atoms with Crippen molar-refractivity contribution < 1.29 is 13.9 Å². The number of ether oxygens (including phenoxy) is 1. The lowest BCUT2D eigenvalue weighted by atomic mass is 10.2. The highest BCUT2D eigenvalue weighted by molar-refractivity contribution is 5.96.